The molecule has 0 aliphatic carbocycles. The molecule has 0 aromatic heterocycles. The van der Waals surface area contributed by atoms with E-state index in [4.69, 9.17) is 34.8 Å². The summed E-state index contributed by atoms with van der Waals surface area (Å²) >= 11 is 18.2. The van der Waals surface area contributed by atoms with Crippen molar-refractivity contribution < 1.29 is 9.59 Å². The molecule has 0 atom stereocenters. The van der Waals surface area contributed by atoms with Gasteiger partial charge in [0.1, 0.15) is 0 Å². The number of carbonyl (C=O) groups excluding carboxylic acids is 2. The summed E-state index contributed by atoms with van der Waals surface area (Å²) in [7, 11) is 0. The lowest BCUT2D eigenvalue weighted by molar-refractivity contribution is -0.120. The summed E-state index contributed by atoms with van der Waals surface area (Å²) in [6.07, 6.45) is 0. The maximum absolute atomic E-state index is 12.3. The Morgan fingerprint density at radius 2 is 1.80 bits per heavy atom. The first-order valence-corrected chi connectivity index (χ1v) is 8.64. The number of piperazine rings is 1. The number of hydrogen-bond donors (Lipinski definition) is 2. The van der Waals surface area contributed by atoms with Gasteiger partial charge in [-0.1, -0.05) is 34.8 Å². The van der Waals surface area contributed by atoms with Gasteiger partial charge in [-0.05, 0) is 36.4 Å². The molecule has 5 nitrogen and oxygen atoms in total. The van der Waals surface area contributed by atoms with Crippen molar-refractivity contribution in [2.75, 3.05) is 29.9 Å². The molecular formula is C17H14Cl3N3O2. The highest BCUT2D eigenvalue weighted by Crippen LogP contribution is 2.29. The van der Waals surface area contributed by atoms with Gasteiger partial charge in [-0.15, -0.1) is 0 Å². The van der Waals surface area contributed by atoms with E-state index in [0.717, 1.165) is 5.69 Å². The molecule has 0 spiro atoms. The van der Waals surface area contributed by atoms with Gasteiger partial charge in [-0.2, -0.15) is 0 Å². The predicted octanol–water partition coefficient (Wildman–Crippen LogP) is 3.84. The molecule has 2 aromatic rings. The summed E-state index contributed by atoms with van der Waals surface area (Å²) in [5.41, 5.74) is 1.64. The Labute approximate surface area is 159 Å². The Kier molecular flexibility index (Phi) is 5.37. The van der Waals surface area contributed by atoms with E-state index >= 15 is 0 Å². The lowest BCUT2D eigenvalue weighted by atomic mass is 10.2. The molecule has 2 aromatic carbocycles. The minimum absolute atomic E-state index is 0.0440. The van der Waals surface area contributed by atoms with Gasteiger partial charge in [0.15, 0.2) is 0 Å². The van der Waals surface area contributed by atoms with Gasteiger partial charge in [0.25, 0.3) is 5.91 Å². The molecular weight excluding hydrogens is 385 g/mol. The third kappa shape index (κ3) is 4.37. The van der Waals surface area contributed by atoms with Crippen molar-refractivity contribution in [1.82, 2.24) is 5.32 Å². The third-order valence-electron chi connectivity index (χ3n) is 3.71. The molecule has 3 rings (SSSR count). The zero-order chi connectivity index (χ0) is 18.0. The van der Waals surface area contributed by atoms with Crippen LogP contribution in [-0.4, -0.2) is 31.4 Å². The van der Waals surface area contributed by atoms with E-state index in [1.54, 1.807) is 24.3 Å². The van der Waals surface area contributed by atoms with E-state index in [0.29, 0.717) is 39.4 Å². The molecule has 0 saturated carbocycles. The minimum Gasteiger partial charge on any atom is -0.359 e. The fourth-order valence-corrected chi connectivity index (χ4v) is 3.40. The number of nitrogens with one attached hydrogen (secondary N) is 2. The summed E-state index contributed by atoms with van der Waals surface area (Å²) in [6, 6.07) is 9.78. The SMILES string of the molecule is O=C1CN(c2ccc(NC(=O)c3cc(Cl)cc(Cl)c3)cc2Cl)CCN1. The van der Waals surface area contributed by atoms with Gasteiger partial charge >= 0.3 is 0 Å². The zero-order valence-electron chi connectivity index (χ0n) is 13.0. The average molecular weight is 399 g/mol. The number of rotatable bonds is 3. The first-order valence-electron chi connectivity index (χ1n) is 7.51. The topological polar surface area (TPSA) is 61.4 Å². The van der Waals surface area contributed by atoms with Crippen molar-refractivity contribution in [3.63, 3.8) is 0 Å². The van der Waals surface area contributed by atoms with Crippen LogP contribution < -0.4 is 15.5 Å². The molecule has 0 radical (unpaired) electrons. The molecule has 1 aliphatic heterocycles. The molecule has 0 bridgehead atoms. The Bertz CT molecular complexity index is 822. The lowest BCUT2D eigenvalue weighted by Crippen LogP contribution is -2.47. The summed E-state index contributed by atoms with van der Waals surface area (Å²) in [6.45, 7) is 1.51. The fraction of sp³-hybridized carbons (Fsp3) is 0.176. The number of anilines is 2. The number of halogens is 3. The van der Waals surface area contributed by atoms with E-state index in [-0.39, 0.29) is 18.4 Å². The van der Waals surface area contributed by atoms with E-state index in [1.165, 1.54) is 12.1 Å². The van der Waals surface area contributed by atoms with Crippen molar-refractivity contribution >= 4 is 58.0 Å². The molecule has 1 fully saturated rings. The average Bonchev–Trinajstić information content (AvgIpc) is 2.54. The van der Waals surface area contributed by atoms with Crippen molar-refractivity contribution in [2.24, 2.45) is 0 Å². The Balaban J connectivity index is 1.76. The number of benzene rings is 2. The summed E-state index contributed by atoms with van der Waals surface area (Å²) in [5.74, 6) is -0.386. The van der Waals surface area contributed by atoms with Crippen LogP contribution in [0.4, 0.5) is 11.4 Å². The number of hydrogen-bond acceptors (Lipinski definition) is 3. The number of carbonyl (C=O) groups is 2. The fourth-order valence-electron chi connectivity index (χ4n) is 2.57. The summed E-state index contributed by atoms with van der Waals surface area (Å²) in [4.78, 5) is 25.7. The highest BCUT2D eigenvalue weighted by molar-refractivity contribution is 6.35. The van der Waals surface area contributed by atoms with Gasteiger partial charge < -0.3 is 15.5 Å². The largest absolute Gasteiger partial charge is 0.359 e. The third-order valence-corrected chi connectivity index (χ3v) is 4.45. The Morgan fingerprint density at radius 3 is 2.44 bits per heavy atom. The van der Waals surface area contributed by atoms with Crippen molar-refractivity contribution in [3.8, 4) is 0 Å². The zero-order valence-corrected chi connectivity index (χ0v) is 15.3. The predicted molar refractivity (Wildman–Crippen MR) is 101 cm³/mol. The highest BCUT2D eigenvalue weighted by Gasteiger charge is 2.19. The lowest BCUT2D eigenvalue weighted by Gasteiger charge is -2.29. The summed E-state index contributed by atoms with van der Waals surface area (Å²) < 4.78 is 0. The quantitative estimate of drug-likeness (QED) is 0.826. The van der Waals surface area contributed by atoms with Gasteiger partial charge in [0.05, 0.1) is 17.3 Å². The second kappa shape index (κ2) is 7.52. The van der Waals surface area contributed by atoms with Crippen LogP contribution in [-0.2, 0) is 4.79 Å². The van der Waals surface area contributed by atoms with Gasteiger partial charge in [-0.25, -0.2) is 0 Å². The Morgan fingerprint density at radius 1 is 1.08 bits per heavy atom. The van der Waals surface area contributed by atoms with Crippen LogP contribution in [0.15, 0.2) is 36.4 Å². The monoisotopic (exact) mass is 397 g/mol. The normalized spacial score (nSPS) is 14.2. The van der Waals surface area contributed by atoms with E-state index < -0.39 is 0 Å². The molecule has 0 unspecified atom stereocenters. The van der Waals surface area contributed by atoms with Crippen LogP contribution in [0.5, 0.6) is 0 Å². The molecule has 2 amide bonds. The van der Waals surface area contributed by atoms with Crippen LogP contribution in [0.1, 0.15) is 10.4 Å². The van der Waals surface area contributed by atoms with Crippen LogP contribution in [0.25, 0.3) is 0 Å². The minimum atomic E-state index is -0.342. The first-order chi connectivity index (χ1) is 11.9. The maximum Gasteiger partial charge on any atom is 0.255 e. The van der Waals surface area contributed by atoms with E-state index in [2.05, 4.69) is 10.6 Å². The molecule has 1 saturated heterocycles. The molecule has 2 N–H and O–H groups in total. The second-order valence-electron chi connectivity index (χ2n) is 5.55. The van der Waals surface area contributed by atoms with E-state index in [9.17, 15) is 9.59 Å². The first kappa shape index (κ1) is 17.9. The van der Waals surface area contributed by atoms with E-state index in [1.807, 2.05) is 4.90 Å². The molecule has 25 heavy (non-hydrogen) atoms. The summed E-state index contributed by atoms with van der Waals surface area (Å²) in [5, 5.41) is 6.74. The Hall–Kier alpha value is -1.95. The smallest absolute Gasteiger partial charge is 0.255 e. The number of nitrogens with zero attached hydrogens (tertiary/aromatic N) is 1. The standard InChI is InChI=1S/C17H14Cl3N3O2/c18-11-5-10(6-12(19)7-11)17(25)22-13-1-2-15(14(20)8-13)23-4-3-21-16(24)9-23/h1-2,5-8H,3-4,9H2,(H,21,24)(H,22,25). The van der Waals surface area contributed by atoms with Crippen LogP contribution in [0.2, 0.25) is 15.1 Å². The highest BCUT2D eigenvalue weighted by atomic mass is 35.5. The van der Waals surface area contributed by atoms with Crippen molar-refractivity contribution in [2.45, 2.75) is 0 Å². The van der Waals surface area contributed by atoms with Crippen LogP contribution in [0, 0.1) is 0 Å². The number of amides is 2. The van der Waals surface area contributed by atoms with Crippen molar-refractivity contribution in [1.29, 1.82) is 0 Å². The molecule has 1 heterocycles. The van der Waals surface area contributed by atoms with Gasteiger partial charge in [-0.3, -0.25) is 9.59 Å². The molecule has 130 valence electrons. The van der Waals surface area contributed by atoms with Crippen molar-refractivity contribution in [3.05, 3.63) is 57.0 Å². The molecule has 8 heteroatoms. The van der Waals surface area contributed by atoms with Gasteiger partial charge in [0, 0.05) is 34.4 Å². The second-order valence-corrected chi connectivity index (χ2v) is 6.83. The molecule has 1 aliphatic rings. The van der Waals surface area contributed by atoms with Crippen LogP contribution >= 0.6 is 34.8 Å². The van der Waals surface area contributed by atoms with Crippen LogP contribution in [0.3, 0.4) is 0 Å². The maximum atomic E-state index is 12.3. The van der Waals surface area contributed by atoms with Gasteiger partial charge in [0.2, 0.25) is 5.91 Å².